The first kappa shape index (κ1) is 10.9. The first-order valence-corrected chi connectivity index (χ1v) is 10.8. The molecule has 1 aliphatic carbocycles. The zero-order valence-electron chi connectivity index (χ0n) is 9.58. The van der Waals surface area contributed by atoms with Gasteiger partial charge in [0.1, 0.15) is 0 Å². The van der Waals surface area contributed by atoms with Gasteiger partial charge in [-0.25, -0.2) is 0 Å². The van der Waals surface area contributed by atoms with Gasteiger partial charge in [0.15, 0.2) is 0 Å². The zero-order valence-corrected chi connectivity index (χ0v) is 11.4. The number of hydrogen-bond acceptors (Lipinski definition) is 1. The van der Waals surface area contributed by atoms with Crippen molar-refractivity contribution in [3.63, 3.8) is 0 Å². The van der Waals surface area contributed by atoms with E-state index in [1.54, 1.807) is 0 Å². The molecule has 0 spiro atoms. The van der Waals surface area contributed by atoms with Crippen LogP contribution in [0.4, 0.5) is 0 Å². The second kappa shape index (κ2) is 3.74. The van der Waals surface area contributed by atoms with E-state index in [0.29, 0.717) is 4.87 Å². The van der Waals surface area contributed by atoms with Crippen LogP contribution in [0, 0.1) is 11.8 Å². The Labute approximate surface area is 91.1 Å². The molecule has 1 unspecified atom stereocenters. The summed E-state index contributed by atoms with van der Waals surface area (Å²) in [5.41, 5.74) is 0. The molecule has 82 valence electrons. The van der Waals surface area contributed by atoms with Crippen molar-refractivity contribution in [2.45, 2.75) is 50.2 Å². The molecule has 0 amide bonds. The fourth-order valence-corrected chi connectivity index (χ4v) is 10.3. The van der Waals surface area contributed by atoms with Gasteiger partial charge in [-0.1, -0.05) is 32.5 Å². The molecule has 3 heteroatoms. The SMILES string of the molecule is C[Si](C)(C)[C@@H]1[C@H]2CCCC[C@@H]2CS1=O. The average Bonchev–Trinajstić information content (AvgIpc) is 2.38. The molecule has 2 fully saturated rings. The van der Waals surface area contributed by atoms with Gasteiger partial charge in [-0.3, -0.25) is 4.21 Å². The second-order valence-corrected chi connectivity index (χ2v) is 13.4. The quantitative estimate of drug-likeness (QED) is 0.633. The lowest BCUT2D eigenvalue weighted by Gasteiger charge is -2.34. The molecule has 14 heavy (non-hydrogen) atoms. The molecule has 4 atom stereocenters. The molecule has 0 aromatic heterocycles. The lowest BCUT2D eigenvalue weighted by atomic mass is 9.82. The summed E-state index contributed by atoms with van der Waals surface area (Å²) in [6.45, 7) is 7.19. The third-order valence-electron chi connectivity index (χ3n) is 3.87. The molecule has 0 bridgehead atoms. The first-order chi connectivity index (χ1) is 6.50. The van der Waals surface area contributed by atoms with E-state index in [-0.39, 0.29) is 0 Å². The van der Waals surface area contributed by atoms with Crippen molar-refractivity contribution in [1.29, 1.82) is 0 Å². The van der Waals surface area contributed by atoms with E-state index in [1.165, 1.54) is 25.7 Å². The molecule has 1 nitrogen and oxygen atoms in total. The van der Waals surface area contributed by atoms with Gasteiger partial charge in [0, 0.05) is 21.4 Å². The normalized spacial score (nSPS) is 43.6. The summed E-state index contributed by atoms with van der Waals surface area (Å²) in [5.74, 6) is 2.68. The Morgan fingerprint density at radius 3 is 2.43 bits per heavy atom. The maximum absolute atomic E-state index is 12.1. The molecule has 0 aromatic rings. The lowest BCUT2D eigenvalue weighted by Crippen LogP contribution is -2.44. The number of rotatable bonds is 1. The van der Waals surface area contributed by atoms with Gasteiger partial charge in [-0.15, -0.1) is 0 Å². The molecule has 0 N–H and O–H groups in total. The van der Waals surface area contributed by atoms with E-state index >= 15 is 0 Å². The van der Waals surface area contributed by atoms with E-state index in [1.807, 2.05) is 0 Å². The highest BCUT2D eigenvalue weighted by atomic mass is 32.2. The Morgan fingerprint density at radius 2 is 1.79 bits per heavy atom. The van der Waals surface area contributed by atoms with Crippen molar-refractivity contribution in [3.05, 3.63) is 0 Å². The largest absolute Gasteiger partial charge is 0.260 e. The summed E-state index contributed by atoms with van der Waals surface area (Å²) in [6.07, 6.45) is 5.50. The van der Waals surface area contributed by atoms with Crippen molar-refractivity contribution in [1.82, 2.24) is 0 Å². The Morgan fingerprint density at radius 1 is 1.14 bits per heavy atom. The predicted octanol–water partition coefficient (Wildman–Crippen LogP) is 2.80. The molecule has 0 radical (unpaired) electrons. The van der Waals surface area contributed by atoms with E-state index in [4.69, 9.17) is 0 Å². The van der Waals surface area contributed by atoms with Gasteiger partial charge in [-0.05, 0) is 24.7 Å². The first-order valence-electron chi connectivity index (χ1n) is 5.87. The molecule has 1 aliphatic heterocycles. The number of fused-ring (bicyclic) bond motifs is 1. The van der Waals surface area contributed by atoms with Crippen LogP contribution in [0.3, 0.4) is 0 Å². The summed E-state index contributed by atoms with van der Waals surface area (Å²) in [5, 5.41) is 0. The lowest BCUT2D eigenvalue weighted by molar-refractivity contribution is 0.288. The van der Waals surface area contributed by atoms with Crippen molar-refractivity contribution in [2.24, 2.45) is 11.8 Å². The van der Waals surface area contributed by atoms with Gasteiger partial charge in [0.2, 0.25) is 0 Å². The Kier molecular flexibility index (Phi) is 2.91. The highest BCUT2D eigenvalue weighted by Gasteiger charge is 2.48. The summed E-state index contributed by atoms with van der Waals surface area (Å²) in [6, 6.07) is 0. The Hall–Kier alpha value is 0.367. The van der Waals surface area contributed by atoms with Crippen molar-refractivity contribution < 1.29 is 4.21 Å². The van der Waals surface area contributed by atoms with Crippen LogP contribution in [0.25, 0.3) is 0 Å². The standard InChI is InChI=1S/C11H22OSSi/c1-14(2,3)11-10-7-5-4-6-9(10)8-13(11)12/h9-11H,4-8H2,1-3H3/t9-,10+,11-,13?/m1/s1. The molecule has 2 aliphatic rings. The van der Waals surface area contributed by atoms with Crippen LogP contribution in [0.1, 0.15) is 25.7 Å². The second-order valence-electron chi connectivity index (χ2n) is 6.04. The topological polar surface area (TPSA) is 17.1 Å². The molecule has 2 rings (SSSR count). The predicted molar refractivity (Wildman–Crippen MR) is 65.6 cm³/mol. The average molecular weight is 230 g/mol. The third kappa shape index (κ3) is 1.85. The highest BCUT2D eigenvalue weighted by molar-refractivity contribution is 7.88. The minimum atomic E-state index is -1.20. The fraction of sp³-hybridized carbons (Fsp3) is 1.00. The van der Waals surface area contributed by atoms with Gasteiger partial charge in [-0.2, -0.15) is 0 Å². The van der Waals surface area contributed by atoms with Crippen LogP contribution in [-0.4, -0.2) is 22.9 Å². The number of hydrogen-bond donors (Lipinski definition) is 0. The zero-order chi connectivity index (χ0) is 10.3. The van der Waals surface area contributed by atoms with Crippen LogP contribution in [0.2, 0.25) is 19.6 Å². The van der Waals surface area contributed by atoms with Crippen LogP contribution < -0.4 is 0 Å². The van der Waals surface area contributed by atoms with Crippen molar-refractivity contribution in [2.75, 3.05) is 5.75 Å². The summed E-state index contributed by atoms with van der Waals surface area (Å²) in [4.78, 5) is 0.604. The fourth-order valence-electron chi connectivity index (χ4n) is 3.39. The van der Waals surface area contributed by atoms with E-state index in [2.05, 4.69) is 19.6 Å². The van der Waals surface area contributed by atoms with Gasteiger partial charge in [0.25, 0.3) is 0 Å². The smallest absolute Gasteiger partial charge is 0.0624 e. The summed E-state index contributed by atoms with van der Waals surface area (Å²) < 4.78 is 12.1. The molecule has 1 saturated carbocycles. The maximum atomic E-state index is 12.1. The van der Waals surface area contributed by atoms with Gasteiger partial charge >= 0.3 is 0 Å². The van der Waals surface area contributed by atoms with Crippen LogP contribution >= 0.6 is 0 Å². The molecule has 1 saturated heterocycles. The summed E-state index contributed by atoms with van der Waals surface area (Å²) >= 11 is 0. The molecule has 0 aromatic carbocycles. The van der Waals surface area contributed by atoms with Gasteiger partial charge < -0.3 is 0 Å². The van der Waals surface area contributed by atoms with E-state index < -0.39 is 18.9 Å². The van der Waals surface area contributed by atoms with Crippen LogP contribution in [0.15, 0.2) is 0 Å². The maximum Gasteiger partial charge on any atom is 0.0624 e. The minimum Gasteiger partial charge on any atom is -0.260 e. The Balaban J connectivity index is 2.20. The monoisotopic (exact) mass is 230 g/mol. The van der Waals surface area contributed by atoms with Crippen molar-refractivity contribution >= 4 is 18.9 Å². The third-order valence-corrected chi connectivity index (χ3v) is 10.6. The van der Waals surface area contributed by atoms with Crippen LogP contribution in [-0.2, 0) is 10.8 Å². The molecular weight excluding hydrogens is 208 g/mol. The summed E-state index contributed by atoms with van der Waals surface area (Å²) in [7, 11) is -1.68. The molecule has 1 heterocycles. The van der Waals surface area contributed by atoms with Crippen molar-refractivity contribution in [3.8, 4) is 0 Å². The van der Waals surface area contributed by atoms with E-state index in [0.717, 1.165) is 17.6 Å². The van der Waals surface area contributed by atoms with Crippen LogP contribution in [0.5, 0.6) is 0 Å². The van der Waals surface area contributed by atoms with E-state index in [9.17, 15) is 4.21 Å². The Bertz CT molecular complexity index is 246. The minimum absolute atomic E-state index is 0.488. The molecular formula is C11H22OSSi. The van der Waals surface area contributed by atoms with Gasteiger partial charge in [0.05, 0.1) is 8.07 Å². The highest BCUT2D eigenvalue weighted by Crippen LogP contribution is 2.43.